The van der Waals surface area contributed by atoms with E-state index >= 15 is 0 Å². The molecule has 0 unspecified atom stereocenters. The Balaban J connectivity index is 1.54. The molecule has 8 nitrogen and oxygen atoms in total. The van der Waals surface area contributed by atoms with Crippen molar-refractivity contribution >= 4 is 23.5 Å². The van der Waals surface area contributed by atoms with E-state index in [0.29, 0.717) is 49.1 Å². The first-order chi connectivity index (χ1) is 17.2. The Morgan fingerprint density at radius 2 is 1.75 bits per heavy atom. The number of nitrogens with one attached hydrogen (secondary N) is 1. The van der Waals surface area contributed by atoms with Gasteiger partial charge in [-0.05, 0) is 42.8 Å². The summed E-state index contributed by atoms with van der Waals surface area (Å²) in [4.78, 5) is 34.1. The standard InChI is InChI=1S/C25H27F3N4O4/c1-3-36-23(34)20-21(16-7-9-19(35-2)10-8-16)29-24(30-22(20)33)32-13-11-31(12-14-32)18-6-4-5-17(15-18)25(26,27)28/h4-10,15,20-21H,3,11-14H2,1-2H3,(H,29,30,33)/t20-,21-/m1/s1. The Morgan fingerprint density at radius 3 is 2.36 bits per heavy atom. The summed E-state index contributed by atoms with van der Waals surface area (Å²) in [7, 11) is 1.54. The molecule has 1 N–H and O–H groups in total. The number of rotatable bonds is 5. The van der Waals surface area contributed by atoms with E-state index in [1.165, 1.54) is 6.07 Å². The molecule has 4 rings (SSSR count). The number of alkyl halides is 3. The number of ether oxygens (including phenoxy) is 2. The summed E-state index contributed by atoms with van der Waals surface area (Å²) in [6.45, 7) is 3.52. The second kappa shape index (κ2) is 10.5. The lowest BCUT2D eigenvalue weighted by Gasteiger charge is -2.39. The molecule has 2 aliphatic rings. The van der Waals surface area contributed by atoms with Gasteiger partial charge < -0.3 is 19.3 Å². The lowest BCUT2D eigenvalue weighted by atomic mass is 9.91. The molecule has 2 heterocycles. The molecule has 2 atom stereocenters. The van der Waals surface area contributed by atoms with Gasteiger partial charge in [0.15, 0.2) is 5.92 Å². The van der Waals surface area contributed by atoms with Crippen molar-refractivity contribution in [1.29, 1.82) is 0 Å². The van der Waals surface area contributed by atoms with Crippen molar-refractivity contribution < 1.29 is 32.2 Å². The molecule has 2 aromatic rings. The van der Waals surface area contributed by atoms with Crippen LogP contribution in [0.5, 0.6) is 5.75 Å². The summed E-state index contributed by atoms with van der Waals surface area (Å²) < 4.78 is 49.7. The van der Waals surface area contributed by atoms with Gasteiger partial charge in [-0.3, -0.25) is 14.9 Å². The first-order valence-electron chi connectivity index (χ1n) is 11.6. The normalized spacial score (nSPS) is 20.5. The summed E-state index contributed by atoms with van der Waals surface area (Å²) in [5, 5.41) is 2.73. The van der Waals surface area contributed by atoms with Crippen LogP contribution in [0.2, 0.25) is 0 Å². The number of methoxy groups -OCH3 is 1. The molecule has 0 bridgehead atoms. The summed E-state index contributed by atoms with van der Waals surface area (Å²) >= 11 is 0. The highest BCUT2D eigenvalue weighted by Crippen LogP contribution is 2.33. The first kappa shape index (κ1) is 25.3. The van der Waals surface area contributed by atoms with Crippen molar-refractivity contribution in [3.8, 4) is 5.75 Å². The number of hydrogen-bond acceptors (Lipinski definition) is 7. The van der Waals surface area contributed by atoms with E-state index in [0.717, 1.165) is 12.1 Å². The van der Waals surface area contributed by atoms with E-state index in [-0.39, 0.29) is 6.61 Å². The lowest BCUT2D eigenvalue weighted by molar-refractivity contribution is -0.153. The highest BCUT2D eigenvalue weighted by molar-refractivity contribution is 6.08. The zero-order valence-corrected chi connectivity index (χ0v) is 19.9. The maximum Gasteiger partial charge on any atom is 0.416 e. The molecule has 11 heteroatoms. The van der Waals surface area contributed by atoms with Gasteiger partial charge in [0.05, 0.1) is 19.3 Å². The van der Waals surface area contributed by atoms with Gasteiger partial charge in [0.25, 0.3) is 0 Å². The Kier molecular flexibility index (Phi) is 7.37. The van der Waals surface area contributed by atoms with E-state index in [1.54, 1.807) is 44.4 Å². The third kappa shape index (κ3) is 5.39. The van der Waals surface area contributed by atoms with Crippen LogP contribution in [-0.4, -0.2) is 62.6 Å². The second-order valence-corrected chi connectivity index (χ2v) is 8.41. The van der Waals surface area contributed by atoms with Crippen molar-refractivity contribution in [2.24, 2.45) is 10.9 Å². The van der Waals surface area contributed by atoms with Crippen LogP contribution in [0.1, 0.15) is 24.1 Å². The first-order valence-corrected chi connectivity index (χ1v) is 11.6. The van der Waals surface area contributed by atoms with E-state index in [4.69, 9.17) is 14.5 Å². The average molecular weight is 505 g/mol. The topological polar surface area (TPSA) is 83.5 Å². The summed E-state index contributed by atoms with van der Waals surface area (Å²) in [5.74, 6) is -1.37. The second-order valence-electron chi connectivity index (χ2n) is 8.41. The highest BCUT2D eigenvalue weighted by atomic mass is 19.4. The largest absolute Gasteiger partial charge is 0.497 e. The molecule has 0 aromatic heterocycles. The predicted octanol–water partition coefficient (Wildman–Crippen LogP) is 3.24. The third-order valence-electron chi connectivity index (χ3n) is 6.21. The van der Waals surface area contributed by atoms with Gasteiger partial charge in [-0.25, -0.2) is 4.99 Å². The molecule has 2 aliphatic heterocycles. The minimum absolute atomic E-state index is 0.131. The molecule has 36 heavy (non-hydrogen) atoms. The van der Waals surface area contributed by atoms with Crippen LogP contribution in [0.3, 0.4) is 0 Å². The van der Waals surface area contributed by atoms with Crippen LogP contribution in [0.15, 0.2) is 53.5 Å². The van der Waals surface area contributed by atoms with Gasteiger partial charge in [-0.1, -0.05) is 18.2 Å². The number of amides is 1. The smallest absolute Gasteiger partial charge is 0.416 e. The van der Waals surface area contributed by atoms with Crippen molar-refractivity contribution in [3.63, 3.8) is 0 Å². The molecule has 1 amide bonds. The van der Waals surface area contributed by atoms with Crippen molar-refractivity contribution in [1.82, 2.24) is 10.2 Å². The Bertz CT molecular complexity index is 1130. The van der Waals surface area contributed by atoms with Crippen LogP contribution in [0.4, 0.5) is 18.9 Å². The molecule has 1 saturated heterocycles. The molecular formula is C25H27F3N4O4. The van der Waals surface area contributed by atoms with Gasteiger partial charge in [-0.15, -0.1) is 0 Å². The molecule has 1 fully saturated rings. The average Bonchev–Trinajstić information content (AvgIpc) is 2.88. The number of carbonyl (C=O) groups excluding carboxylic acids is 2. The minimum Gasteiger partial charge on any atom is -0.497 e. The maximum absolute atomic E-state index is 13.1. The SMILES string of the molecule is CCOC(=O)[C@H]1C(=O)NC(N2CCN(c3cccc(C(F)(F)F)c3)CC2)=N[C@@H]1c1ccc(OC)cc1. The molecule has 192 valence electrons. The fraction of sp³-hybridized carbons (Fsp3) is 0.400. The van der Waals surface area contributed by atoms with Gasteiger partial charge in [0.1, 0.15) is 11.8 Å². The van der Waals surface area contributed by atoms with E-state index < -0.39 is 35.6 Å². The number of hydrogen-bond donors (Lipinski definition) is 1. The number of esters is 1. The van der Waals surface area contributed by atoms with Gasteiger partial charge in [0.2, 0.25) is 11.9 Å². The molecule has 0 radical (unpaired) electrons. The monoisotopic (exact) mass is 504 g/mol. The van der Waals surface area contributed by atoms with Crippen LogP contribution < -0.4 is 15.0 Å². The zero-order valence-electron chi connectivity index (χ0n) is 19.9. The summed E-state index contributed by atoms with van der Waals surface area (Å²) in [6.07, 6.45) is -4.41. The number of aliphatic imine (C=N–C) groups is 1. The quantitative estimate of drug-likeness (QED) is 0.497. The van der Waals surface area contributed by atoms with Crippen LogP contribution in [0, 0.1) is 5.92 Å². The Morgan fingerprint density at radius 1 is 1.08 bits per heavy atom. The predicted molar refractivity (Wildman–Crippen MR) is 127 cm³/mol. The molecular weight excluding hydrogens is 477 g/mol. The van der Waals surface area contributed by atoms with E-state index in [9.17, 15) is 22.8 Å². The number of nitrogens with zero attached hydrogens (tertiary/aromatic N) is 3. The van der Waals surface area contributed by atoms with Crippen LogP contribution >= 0.6 is 0 Å². The van der Waals surface area contributed by atoms with Crippen LogP contribution in [-0.2, 0) is 20.5 Å². The number of guanidine groups is 1. The molecule has 0 aliphatic carbocycles. The number of piperazine rings is 1. The van der Waals surface area contributed by atoms with Gasteiger partial charge in [0, 0.05) is 31.9 Å². The fourth-order valence-corrected chi connectivity index (χ4v) is 4.32. The van der Waals surface area contributed by atoms with Crippen molar-refractivity contribution in [2.75, 3.05) is 44.8 Å². The number of halogens is 3. The zero-order chi connectivity index (χ0) is 25.9. The number of carbonyl (C=O) groups is 2. The van der Waals surface area contributed by atoms with Gasteiger partial charge >= 0.3 is 12.1 Å². The molecule has 0 spiro atoms. The van der Waals surface area contributed by atoms with Crippen molar-refractivity contribution in [3.05, 3.63) is 59.7 Å². The van der Waals surface area contributed by atoms with Crippen LogP contribution in [0.25, 0.3) is 0 Å². The summed E-state index contributed by atoms with van der Waals surface area (Å²) in [6, 6.07) is 11.4. The van der Waals surface area contributed by atoms with E-state index in [1.807, 2.05) is 9.80 Å². The lowest BCUT2D eigenvalue weighted by Crippen LogP contribution is -2.57. The van der Waals surface area contributed by atoms with E-state index in [2.05, 4.69) is 5.32 Å². The Hall–Kier alpha value is -3.76. The maximum atomic E-state index is 13.1. The highest BCUT2D eigenvalue weighted by Gasteiger charge is 2.42. The molecule has 2 aromatic carbocycles. The van der Waals surface area contributed by atoms with Crippen molar-refractivity contribution in [2.45, 2.75) is 19.1 Å². The Labute approximate surface area is 206 Å². The number of anilines is 1. The molecule has 0 saturated carbocycles. The minimum atomic E-state index is -4.41. The van der Waals surface area contributed by atoms with Gasteiger partial charge in [-0.2, -0.15) is 13.2 Å². The summed E-state index contributed by atoms with van der Waals surface area (Å²) in [5.41, 5.74) is 0.445. The fourth-order valence-electron chi connectivity index (χ4n) is 4.32. The third-order valence-corrected chi connectivity index (χ3v) is 6.21. The number of benzene rings is 2.